The summed E-state index contributed by atoms with van der Waals surface area (Å²) in [5, 5.41) is 2.74. The van der Waals surface area contributed by atoms with Gasteiger partial charge in [-0.25, -0.2) is 4.98 Å². The second-order valence-electron chi connectivity index (χ2n) is 3.67. The first-order chi connectivity index (χ1) is 9.47. The summed E-state index contributed by atoms with van der Waals surface area (Å²) in [7, 11) is 1.45. The van der Waals surface area contributed by atoms with Gasteiger partial charge < -0.3 is 4.74 Å². The van der Waals surface area contributed by atoms with Crippen molar-refractivity contribution in [1.82, 2.24) is 9.97 Å². The van der Waals surface area contributed by atoms with Gasteiger partial charge in [0.15, 0.2) is 0 Å². The average Bonchev–Trinajstić information content (AvgIpc) is 2.36. The van der Waals surface area contributed by atoms with Crippen molar-refractivity contribution in [2.75, 3.05) is 12.4 Å². The standard InChI is InChI=1S/C12H8Br2ClN3O2/c1-20-10-5-9(15)16-12(17-10)18-11(19)6-2-7(13)4-8(14)3-6/h2-5H,1H3,(H,16,17,18,19). The number of hydrogen-bond acceptors (Lipinski definition) is 4. The molecule has 0 unspecified atom stereocenters. The first-order valence-electron chi connectivity index (χ1n) is 5.34. The number of halogens is 3. The fourth-order valence-electron chi connectivity index (χ4n) is 1.42. The Labute approximate surface area is 137 Å². The predicted molar refractivity (Wildman–Crippen MR) is 83.4 cm³/mol. The Morgan fingerprint density at radius 2 is 1.85 bits per heavy atom. The van der Waals surface area contributed by atoms with E-state index in [0.717, 1.165) is 8.95 Å². The zero-order valence-corrected chi connectivity index (χ0v) is 14.1. The number of methoxy groups -OCH3 is 1. The molecular weight excluding hydrogens is 413 g/mol. The van der Waals surface area contributed by atoms with E-state index in [1.165, 1.54) is 13.2 Å². The molecule has 0 aliphatic rings. The molecule has 2 aromatic rings. The lowest BCUT2D eigenvalue weighted by atomic mass is 10.2. The van der Waals surface area contributed by atoms with Crippen LogP contribution in [0.1, 0.15) is 10.4 Å². The van der Waals surface area contributed by atoms with Gasteiger partial charge in [0, 0.05) is 20.6 Å². The van der Waals surface area contributed by atoms with Crippen LogP contribution in [0.4, 0.5) is 5.95 Å². The summed E-state index contributed by atoms with van der Waals surface area (Å²) in [4.78, 5) is 20.0. The molecule has 1 N–H and O–H groups in total. The van der Waals surface area contributed by atoms with Crippen LogP contribution in [-0.4, -0.2) is 23.0 Å². The maximum Gasteiger partial charge on any atom is 0.258 e. The monoisotopic (exact) mass is 419 g/mol. The molecule has 1 aromatic carbocycles. The highest BCUT2D eigenvalue weighted by Gasteiger charge is 2.11. The maximum atomic E-state index is 12.1. The van der Waals surface area contributed by atoms with Gasteiger partial charge in [0.25, 0.3) is 5.91 Å². The zero-order chi connectivity index (χ0) is 14.7. The third-order valence-corrected chi connectivity index (χ3v) is 3.34. The number of carbonyl (C=O) groups is 1. The zero-order valence-electron chi connectivity index (χ0n) is 10.2. The van der Waals surface area contributed by atoms with Gasteiger partial charge in [-0.15, -0.1) is 0 Å². The van der Waals surface area contributed by atoms with Crippen molar-refractivity contribution >= 4 is 55.3 Å². The van der Waals surface area contributed by atoms with Crippen molar-refractivity contribution in [2.24, 2.45) is 0 Å². The molecule has 20 heavy (non-hydrogen) atoms. The molecule has 5 nitrogen and oxygen atoms in total. The van der Waals surface area contributed by atoms with Crippen LogP contribution in [0.3, 0.4) is 0 Å². The first-order valence-corrected chi connectivity index (χ1v) is 7.30. The topological polar surface area (TPSA) is 64.1 Å². The molecule has 0 spiro atoms. The van der Waals surface area contributed by atoms with Gasteiger partial charge in [0.05, 0.1) is 7.11 Å². The molecule has 104 valence electrons. The van der Waals surface area contributed by atoms with Crippen molar-refractivity contribution < 1.29 is 9.53 Å². The van der Waals surface area contributed by atoms with E-state index in [0.29, 0.717) is 5.56 Å². The van der Waals surface area contributed by atoms with Gasteiger partial charge in [-0.05, 0) is 18.2 Å². The largest absolute Gasteiger partial charge is 0.481 e. The molecule has 0 atom stereocenters. The van der Waals surface area contributed by atoms with Gasteiger partial charge in [-0.3, -0.25) is 10.1 Å². The van der Waals surface area contributed by atoms with Crippen LogP contribution < -0.4 is 10.1 Å². The van der Waals surface area contributed by atoms with Crippen LogP contribution in [0.25, 0.3) is 0 Å². The second-order valence-corrected chi connectivity index (χ2v) is 5.89. The van der Waals surface area contributed by atoms with E-state index in [2.05, 4.69) is 47.1 Å². The van der Waals surface area contributed by atoms with Crippen molar-refractivity contribution in [3.8, 4) is 5.88 Å². The average molecular weight is 421 g/mol. The summed E-state index contributed by atoms with van der Waals surface area (Å²) in [6, 6.07) is 6.65. The molecule has 0 aliphatic carbocycles. The van der Waals surface area contributed by atoms with Crippen LogP contribution in [-0.2, 0) is 0 Å². The van der Waals surface area contributed by atoms with Gasteiger partial charge in [-0.2, -0.15) is 4.98 Å². The highest BCUT2D eigenvalue weighted by molar-refractivity contribution is 9.11. The minimum atomic E-state index is -0.351. The van der Waals surface area contributed by atoms with Gasteiger partial charge >= 0.3 is 0 Å². The molecule has 0 saturated carbocycles. The van der Waals surface area contributed by atoms with E-state index in [1.807, 2.05) is 6.07 Å². The van der Waals surface area contributed by atoms with Crippen LogP contribution >= 0.6 is 43.5 Å². The molecule has 0 fully saturated rings. The number of aromatic nitrogens is 2. The van der Waals surface area contributed by atoms with Crippen LogP contribution in [0.2, 0.25) is 5.15 Å². The summed E-state index contributed by atoms with van der Waals surface area (Å²) < 4.78 is 6.52. The van der Waals surface area contributed by atoms with E-state index in [1.54, 1.807) is 12.1 Å². The van der Waals surface area contributed by atoms with Gasteiger partial charge in [0.2, 0.25) is 11.8 Å². The Morgan fingerprint density at radius 1 is 1.20 bits per heavy atom. The SMILES string of the molecule is COc1cc(Cl)nc(NC(=O)c2cc(Br)cc(Br)c2)n1. The molecule has 1 heterocycles. The van der Waals surface area contributed by atoms with Crippen molar-refractivity contribution in [3.63, 3.8) is 0 Å². The van der Waals surface area contributed by atoms with Gasteiger partial charge in [-0.1, -0.05) is 43.5 Å². The number of amides is 1. The smallest absolute Gasteiger partial charge is 0.258 e. The number of anilines is 1. The minimum absolute atomic E-state index is 0.0791. The predicted octanol–water partition coefficient (Wildman–Crippen LogP) is 3.92. The highest BCUT2D eigenvalue weighted by Crippen LogP contribution is 2.21. The van der Waals surface area contributed by atoms with E-state index in [-0.39, 0.29) is 22.9 Å². The summed E-state index contributed by atoms with van der Waals surface area (Å²) in [6.45, 7) is 0. The lowest BCUT2D eigenvalue weighted by Gasteiger charge is -2.06. The molecule has 0 saturated heterocycles. The van der Waals surface area contributed by atoms with E-state index in [9.17, 15) is 4.79 Å². The van der Waals surface area contributed by atoms with Crippen LogP contribution in [0.5, 0.6) is 5.88 Å². The second kappa shape index (κ2) is 6.51. The highest BCUT2D eigenvalue weighted by atomic mass is 79.9. The van der Waals surface area contributed by atoms with E-state index < -0.39 is 0 Å². The molecule has 1 amide bonds. The number of nitrogens with one attached hydrogen (secondary N) is 1. The molecule has 2 rings (SSSR count). The number of carbonyl (C=O) groups excluding carboxylic acids is 1. The van der Waals surface area contributed by atoms with Crippen molar-refractivity contribution in [3.05, 3.63) is 43.9 Å². The Morgan fingerprint density at radius 3 is 2.45 bits per heavy atom. The summed E-state index contributed by atoms with van der Waals surface area (Å²) in [5.74, 6) is 0.00231. The number of hydrogen-bond donors (Lipinski definition) is 1. The third kappa shape index (κ3) is 3.91. The lowest BCUT2D eigenvalue weighted by Crippen LogP contribution is -2.14. The van der Waals surface area contributed by atoms with E-state index >= 15 is 0 Å². The fourth-order valence-corrected chi connectivity index (χ4v) is 2.88. The number of rotatable bonds is 3. The molecule has 1 aromatic heterocycles. The van der Waals surface area contributed by atoms with E-state index in [4.69, 9.17) is 16.3 Å². The Bertz CT molecular complexity index is 647. The summed E-state index contributed by atoms with van der Waals surface area (Å²) >= 11 is 12.4. The first kappa shape index (κ1) is 15.2. The Hall–Kier alpha value is -1.18. The van der Waals surface area contributed by atoms with Crippen LogP contribution in [0, 0.1) is 0 Å². The lowest BCUT2D eigenvalue weighted by molar-refractivity contribution is 0.102. The molecular formula is C12H8Br2ClN3O2. The third-order valence-electron chi connectivity index (χ3n) is 2.23. The Kier molecular flexibility index (Phi) is 4.95. The van der Waals surface area contributed by atoms with Crippen molar-refractivity contribution in [1.29, 1.82) is 0 Å². The minimum Gasteiger partial charge on any atom is -0.481 e. The van der Waals surface area contributed by atoms with Gasteiger partial charge in [0.1, 0.15) is 5.15 Å². The number of ether oxygens (including phenoxy) is 1. The van der Waals surface area contributed by atoms with Crippen molar-refractivity contribution in [2.45, 2.75) is 0 Å². The molecule has 0 bridgehead atoms. The fraction of sp³-hybridized carbons (Fsp3) is 0.0833. The number of benzene rings is 1. The molecule has 0 aliphatic heterocycles. The molecule has 0 radical (unpaired) electrons. The maximum absolute atomic E-state index is 12.1. The molecule has 8 heteroatoms. The summed E-state index contributed by atoms with van der Waals surface area (Å²) in [6.07, 6.45) is 0. The number of nitrogens with zero attached hydrogens (tertiary/aromatic N) is 2. The normalized spacial score (nSPS) is 10.2. The summed E-state index contributed by atoms with van der Waals surface area (Å²) in [5.41, 5.74) is 0.453. The quantitative estimate of drug-likeness (QED) is 0.763. The van der Waals surface area contributed by atoms with Crippen LogP contribution in [0.15, 0.2) is 33.2 Å². The Balaban J connectivity index is 2.25.